The fraction of sp³-hybridized carbons (Fsp3) is 0.714. The van der Waals surface area contributed by atoms with Crippen molar-refractivity contribution in [3.63, 3.8) is 0 Å². The molecule has 100 valence electrons. The molecular weight excluding hydrogens is 246 g/mol. The Morgan fingerprint density at radius 2 is 2.11 bits per heavy atom. The lowest BCUT2D eigenvalue weighted by molar-refractivity contribution is 0.322. The maximum atomic E-state index is 6.21. The van der Waals surface area contributed by atoms with Crippen LogP contribution in [0.15, 0.2) is 6.33 Å². The largest absolute Gasteiger partial charge is 0.356 e. The van der Waals surface area contributed by atoms with Crippen molar-refractivity contribution in [2.24, 2.45) is 11.8 Å². The second kappa shape index (κ2) is 5.87. The highest BCUT2D eigenvalue weighted by molar-refractivity contribution is 6.30. The third-order valence-corrected chi connectivity index (χ3v) is 4.33. The third kappa shape index (κ3) is 2.77. The zero-order valence-electron chi connectivity index (χ0n) is 11.5. The SMILES string of the molecule is CCCc1c(Cl)ncnc1N1CCC(C)C(C)C1. The molecule has 2 heterocycles. The average molecular weight is 268 g/mol. The topological polar surface area (TPSA) is 29.0 Å². The van der Waals surface area contributed by atoms with Gasteiger partial charge < -0.3 is 4.90 Å². The Hall–Kier alpha value is -0.830. The van der Waals surface area contributed by atoms with Gasteiger partial charge in [0.2, 0.25) is 0 Å². The molecular formula is C14H22ClN3. The van der Waals surface area contributed by atoms with Gasteiger partial charge in [0.05, 0.1) is 0 Å². The molecule has 18 heavy (non-hydrogen) atoms. The lowest BCUT2D eigenvalue weighted by atomic mass is 9.88. The number of halogens is 1. The van der Waals surface area contributed by atoms with Crippen LogP contribution in [0, 0.1) is 11.8 Å². The summed E-state index contributed by atoms with van der Waals surface area (Å²) in [5.41, 5.74) is 1.11. The molecule has 0 N–H and O–H groups in total. The Morgan fingerprint density at radius 1 is 1.33 bits per heavy atom. The van der Waals surface area contributed by atoms with Crippen molar-refractivity contribution < 1.29 is 0 Å². The van der Waals surface area contributed by atoms with E-state index in [0.29, 0.717) is 11.1 Å². The van der Waals surface area contributed by atoms with Gasteiger partial charge in [0.25, 0.3) is 0 Å². The minimum absolute atomic E-state index is 0.619. The molecule has 2 unspecified atom stereocenters. The van der Waals surface area contributed by atoms with Gasteiger partial charge in [0.15, 0.2) is 0 Å². The molecule has 4 heteroatoms. The minimum Gasteiger partial charge on any atom is -0.356 e. The molecule has 0 aliphatic carbocycles. The van der Waals surface area contributed by atoms with Gasteiger partial charge in [0, 0.05) is 18.7 Å². The first-order chi connectivity index (χ1) is 8.63. The number of hydrogen-bond acceptors (Lipinski definition) is 3. The summed E-state index contributed by atoms with van der Waals surface area (Å²) in [6.45, 7) is 8.97. The molecule has 1 aromatic rings. The first-order valence-corrected chi connectivity index (χ1v) is 7.25. The van der Waals surface area contributed by atoms with E-state index < -0.39 is 0 Å². The van der Waals surface area contributed by atoms with Gasteiger partial charge in [-0.1, -0.05) is 38.8 Å². The summed E-state index contributed by atoms with van der Waals surface area (Å²) in [6.07, 6.45) is 4.84. The number of rotatable bonds is 3. The van der Waals surface area contributed by atoms with E-state index in [9.17, 15) is 0 Å². The lowest BCUT2D eigenvalue weighted by Gasteiger charge is -2.36. The van der Waals surface area contributed by atoms with Gasteiger partial charge in [-0.05, 0) is 24.7 Å². The summed E-state index contributed by atoms with van der Waals surface area (Å²) in [5, 5.41) is 0.619. The van der Waals surface area contributed by atoms with Crippen molar-refractivity contribution in [2.45, 2.75) is 40.0 Å². The monoisotopic (exact) mass is 267 g/mol. The lowest BCUT2D eigenvalue weighted by Crippen LogP contribution is -2.39. The molecule has 2 rings (SSSR count). The fourth-order valence-electron chi connectivity index (χ4n) is 2.58. The van der Waals surface area contributed by atoms with E-state index in [-0.39, 0.29) is 0 Å². The van der Waals surface area contributed by atoms with E-state index in [2.05, 4.69) is 35.6 Å². The third-order valence-electron chi connectivity index (χ3n) is 4.00. The zero-order valence-corrected chi connectivity index (χ0v) is 12.2. The van der Waals surface area contributed by atoms with E-state index in [1.165, 1.54) is 6.42 Å². The van der Waals surface area contributed by atoms with E-state index in [1.54, 1.807) is 6.33 Å². The highest BCUT2D eigenvalue weighted by atomic mass is 35.5. The Balaban J connectivity index is 2.25. The maximum Gasteiger partial charge on any atom is 0.137 e. The molecule has 1 saturated heterocycles. The zero-order chi connectivity index (χ0) is 13.1. The second-order valence-corrected chi connectivity index (χ2v) is 5.76. The number of aromatic nitrogens is 2. The van der Waals surface area contributed by atoms with Crippen LogP contribution in [0.1, 0.15) is 39.2 Å². The number of nitrogens with zero attached hydrogens (tertiary/aromatic N) is 3. The number of piperidine rings is 1. The van der Waals surface area contributed by atoms with Crippen LogP contribution in [0.3, 0.4) is 0 Å². The Bertz CT molecular complexity index is 408. The van der Waals surface area contributed by atoms with Crippen LogP contribution >= 0.6 is 11.6 Å². The van der Waals surface area contributed by atoms with E-state index >= 15 is 0 Å². The molecule has 2 atom stereocenters. The molecule has 1 aliphatic heterocycles. The summed E-state index contributed by atoms with van der Waals surface area (Å²) in [7, 11) is 0. The molecule has 0 aromatic carbocycles. The summed E-state index contributed by atoms with van der Waals surface area (Å²) >= 11 is 6.21. The molecule has 1 fully saturated rings. The molecule has 0 spiro atoms. The first kappa shape index (κ1) is 13.6. The Kier molecular flexibility index (Phi) is 4.44. The van der Waals surface area contributed by atoms with Crippen LogP contribution in [0.5, 0.6) is 0 Å². The van der Waals surface area contributed by atoms with Crippen LogP contribution in [0.2, 0.25) is 5.15 Å². The first-order valence-electron chi connectivity index (χ1n) is 6.87. The van der Waals surface area contributed by atoms with Gasteiger partial charge >= 0.3 is 0 Å². The van der Waals surface area contributed by atoms with E-state index in [4.69, 9.17) is 11.6 Å². The highest BCUT2D eigenvalue weighted by Crippen LogP contribution is 2.30. The van der Waals surface area contributed by atoms with Gasteiger partial charge in [-0.15, -0.1) is 0 Å². The van der Waals surface area contributed by atoms with Crippen LogP contribution in [0.25, 0.3) is 0 Å². The predicted octanol–water partition coefficient (Wildman–Crippen LogP) is 3.56. The summed E-state index contributed by atoms with van der Waals surface area (Å²) in [5.74, 6) is 2.56. The van der Waals surface area contributed by atoms with Crippen LogP contribution in [0.4, 0.5) is 5.82 Å². The Labute approximate surface area is 115 Å². The van der Waals surface area contributed by atoms with Gasteiger partial charge in [-0.25, -0.2) is 9.97 Å². The molecule has 0 bridgehead atoms. The van der Waals surface area contributed by atoms with Crippen molar-refractivity contribution >= 4 is 17.4 Å². The summed E-state index contributed by atoms with van der Waals surface area (Å²) < 4.78 is 0. The van der Waals surface area contributed by atoms with E-state index in [1.807, 2.05) is 0 Å². The minimum atomic E-state index is 0.619. The van der Waals surface area contributed by atoms with Gasteiger partial charge in [-0.3, -0.25) is 0 Å². The van der Waals surface area contributed by atoms with Crippen LogP contribution in [-0.4, -0.2) is 23.1 Å². The second-order valence-electron chi connectivity index (χ2n) is 5.41. The standard InChI is InChI=1S/C14H22ClN3/c1-4-5-12-13(15)16-9-17-14(12)18-7-6-10(2)11(3)8-18/h9-11H,4-8H2,1-3H3. The van der Waals surface area contributed by atoms with Crippen molar-refractivity contribution in [1.29, 1.82) is 0 Å². The molecule has 1 aliphatic rings. The molecule has 0 amide bonds. The van der Waals surface area contributed by atoms with Crippen molar-refractivity contribution in [3.8, 4) is 0 Å². The molecule has 0 saturated carbocycles. The summed E-state index contributed by atoms with van der Waals surface area (Å²) in [4.78, 5) is 11.0. The summed E-state index contributed by atoms with van der Waals surface area (Å²) in [6, 6.07) is 0. The van der Waals surface area contributed by atoms with Crippen LogP contribution < -0.4 is 4.90 Å². The van der Waals surface area contributed by atoms with Crippen molar-refractivity contribution in [3.05, 3.63) is 17.0 Å². The Morgan fingerprint density at radius 3 is 2.78 bits per heavy atom. The van der Waals surface area contributed by atoms with Gasteiger partial charge in [-0.2, -0.15) is 0 Å². The smallest absolute Gasteiger partial charge is 0.137 e. The highest BCUT2D eigenvalue weighted by Gasteiger charge is 2.25. The average Bonchev–Trinajstić information content (AvgIpc) is 2.35. The molecule has 0 radical (unpaired) electrons. The number of hydrogen-bond donors (Lipinski definition) is 0. The molecule has 1 aromatic heterocycles. The van der Waals surface area contributed by atoms with Crippen LogP contribution in [-0.2, 0) is 6.42 Å². The quantitative estimate of drug-likeness (QED) is 0.784. The van der Waals surface area contributed by atoms with E-state index in [0.717, 1.165) is 43.2 Å². The van der Waals surface area contributed by atoms with Crippen molar-refractivity contribution in [1.82, 2.24) is 9.97 Å². The normalized spacial score (nSPS) is 24.3. The fourth-order valence-corrected chi connectivity index (χ4v) is 2.80. The maximum absolute atomic E-state index is 6.21. The van der Waals surface area contributed by atoms with Gasteiger partial charge in [0.1, 0.15) is 17.3 Å². The molecule has 3 nitrogen and oxygen atoms in total. The predicted molar refractivity (Wildman–Crippen MR) is 76.2 cm³/mol. The number of anilines is 1. The van der Waals surface area contributed by atoms with Crippen molar-refractivity contribution in [2.75, 3.05) is 18.0 Å².